The summed E-state index contributed by atoms with van der Waals surface area (Å²) in [6.45, 7) is -1.77. The van der Waals surface area contributed by atoms with E-state index in [1.54, 1.807) is 0 Å². The Balaban J connectivity index is 2.86. The van der Waals surface area contributed by atoms with Gasteiger partial charge in [0.05, 0.1) is 13.2 Å². The molecule has 0 amide bonds. The van der Waals surface area contributed by atoms with Crippen LogP contribution >= 0.6 is 0 Å². The van der Waals surface area contributed by atoms with E-state index in [0.717, 1.165) is 0 Å². The van der Waals surface area contributed by atoms with Crippen LogP contribution in [0.3, 0.4) is 0 Å². The molecule has 1 unspecified atom stereocenters. The van der Waals surface area contributed by atoms with Crippen LogP contribution in [0.2, 0.25) is 0 Å². The first-order valence-electron chi connectivity index (χ1n) is 5.61. The SMILES string of the molecule is [2H][C@]1(OC(=O)C(O)CO)O[C@H](CO)[C@@H](O)[C@H](O)[C@H]1O. The Labute approximate surface area is 103 Å². The van der Waals surface area contributed by atoms with Crippen molar-refractivity contribution in [1.82, 2.24) is 0 Å². The zero-order valence-electron chi connectivity index (χ0n) is 10.2. The molecule has 9 nitrogen and oxygen atoms in total. The number of carbonyl (C=O) groups is 1. The van der Waals surface area contributed by atoms with Gasteiger partial charge >= 0.3 is 5.97 Å². The second-order valence-corrected chi connectivity index (χ2v) is 3.70. The van der Waals surface area contributed by atoms with Gasteiger partial charge in [0.25, 0.3) is 0 Å². The molecule has 0 aromatic heterocycles. The van der Waals surface area contributed by atoms with E-state index in [0.29, 0.717) is 0 Å². The molecular weight excluding hydrogens is 252 g/mol. The van der Waals surface area contributed by atoms with E-state index in [4.69, 9.17) is 21.4 Å². The molecular formula is C9H16O9. The van der Waals surface area contributed by atoms with Crippen LogP contribution in [-0.4, -0.2) is 86.6 Å². The first-order valence-corrected chi connectivity index (χ1v) is 5.11. The molecule has 6 atom stereocenters. The molecule has 9 heteroatoms. The summed E-state index contributed by atoms with van der Waals surface area (Å²) in [5.74, 6) is -1.46. The average Bonchev–Trinajstić information content (AvgIpc) is 2.39. The minimum Gasteiger partial charge on any atom is -0.431 e. The van der Waals surface area contributed by atoms with Gasteiger partial charge in [-0.3, -0.25) is 0 Å². The number of hydrogen-bond donors (Lipinski definition) is 6. The van der Waals surface area contributed by atoms with E-state index in [2.05, 4.69) is 4.74 Å². The van der Waals surface area contributed by atoms with Crippen molar-refractivity contribution in [3.63, 3.8) is 0 Å². The standard InChI is InChI=1S/C9H16O9/c10-1-3(12)8(16)18-9-7(15)6(14)5(13)4(2-11)17-9/h3-7,9-15H,1-2H2/t3?,4-,5-,6+,7-,9-/m1/s1/i9D. The summed E-state index contributed by atoms with van der Waals surface area (Å²) in [6, 6.07) is 0. The lowest BCUT2D eigenvalue weighted by Crippen LogP contribution is -2.59. The van der Waals surface area contributed by atoms with Gasteiger partial charge in [-0.25, -0.2) is 4.79 Å². The van der Waals surface area contributed by atoms with E-state index in [1.165, 1.54) is 0 Å². The first kappa shape index (κ1) is 13.6. The Morgan fingerprint density at radius 3 is 2.39 bits per heavy atom. The quantitative estimate of drug-likeness (QED) is 0.278. The molecule has 0 radical (unpaired) electrons. The normalized spacial score (nSPS) is 43.1. The van der Waals surface area contributed by atoms with Crippen molar-refractivity contribution in [3.8, 4) is 0 Å². The number of esters is 1. The van der Waals surface area contributed by atoms with Gasteiger partial charge in [0.2, 0.25) is 6.27 Å². The maximum atomic E-state index is 11.2. The Kier molecular flexibility index (Phi) is 4.83. The van der Waals surface area contributed by atoms with Crippen LogP contribution in [0.5, 0.6) is 0 Å². The topological polar surface area (TPSA) is 157 Å². The van der Waals surface area contributed by atoms with Gasteiger partial charge in [-0.2, -0.15) is 0 Å². The second-order valence-electron chi connectivity index (χ2n) is 3.70. The molecule has 1 saturated heterocycles. The molecule has 1 aliphatic rings. The Hall–Kier alpha value is -0.810. The monoisotopic (exact) mass is 269 g/mol. The maximum Gasteiger partial charge on any atom is 0.339 e. The van der Waals surface area contributed by atoms with E-state index in [9.17, 15) is 20.1 Å². The predicted octanol–water partition coefficient (Wildman–Crippen LogP) is -4.32. The highest BCUT2D eigenvalue weighted by Crippen LogP contribution is 2.22. The number of rotatable bonds is 4. The van der Waals surface area contributed by atoms with Gasteiger partial charge in [0, 0.05) is 0 Å². The van der Waals surface area contributed by atoms with E-state index in [-0.39, 0.29) is 0 Å². The van der Waals surface area contributed by atoms with Gasteiger partial charge in [-0.1, -0.05) is 0 Å². The smallest absolute Gasteiger partial charge is 0.339 e. The Bertz CT molecular complexity index is 325. The summed E-state index contributed by atoms with van der Waals surface area (Å²) in [5, 5.41) is 54.9. The van der Waals surface area contributed by atoms with Crippen molar-refractivity contribution in [3.05, 3.63) is 0 Å². The van der Waals surface area contributed by atoms with Crippen LogP contribution in [-0.2, 0) is 14.3 Å². The summed E-state index contributed by atoms with van der Waals surface area (Å²) < 4.78 is 16.7. The van der Waals surface area contributed by atoms with Gasteiger partial charge < -0.3 is 40.1 Å². The molecule has 0 spiro atoms. The lowest BCUT2D eigenvalue weighted by molar-refractivity contribution is -0.294. The van der Waals surface area contributed by atoms with Crippen LogP contribution in [0, 0.1) is 0 Å². The fraction of sp³-hybridized carbons (Fsp3) is 0.889. The zero-order valence-corrected chi connectivity index (χ0v) is 9.21. The number of hydrogen-bond acceptors (Lipinski definition) is 9. The molecule has 0 aromatic carbocycles. The molecule has 0 saturated carbocycles. The predicted molar refractivity (Wildman–Crippen MR) is 53.0 cm³/mol. The largest absolute Gasteiger partial charge is 0.431 e. The third kappa shape index (κ3) is 3.14. The van der Waals surface area contributed by atoms with Crippen molar-refractivity contribution < 1.29 is 46.3 Å². The van der Waals surface area contributed by atoms with Crippen molar-refractivity contribution in [2.24, 2.45) is 0 Å². The van der Waals surface area contributed by atoms with Gasteiger partial charge in [-0.15, -0.1) is 0 Å². The van der Waals surface area contributed by atoms with Crippen LogP contribution in [0.15, 0.2) is 0 Å². The number of aliphatic hydroxyl groups is 6. The number of carbonyl (C=O) groups excluding carboxylic acids is 1. The molecule has 1 fully saturated rings. The first-order chi connectivity index (χ1) is 8.76. The van der Waals surface area contributed by atoms with Crippen molar-refractivity contribution >= 4 is 5.97 Å². The van der Waals surface area contributed by atoms with E-state index < -0.39 is 56.0 Å². The van der Waals surface area contributed by atoms with E-state index in [1.807, 2.05) is 0 Å². The summed E-state index contributed by atoms with van der Waals surface area (Å²) in [7, 11) is 0. The zero-order chi connectivity index (χ0) is 14.8. The van der Waals surface area contributed by atoms with Gasteiger partial charge in [0.1, 0.15) is 25.8 Å². The molecule has 1 aliphatic heterocycles. The summed E-state index contributed by atoms with van der Waals surface area (Å²) in [4.78, 5) is 11.2. The summed E-state index contributed by atoms with van der Waals surface area (Å²) in [5.41, 5.74) is 0. The molecule has 0 aromatic rings. The third-order valence-electron chi connectivity index (χ3n) is 2.39. The van der Waals surface area contributed by atoms with Gasteiger partial charge in [0.15, 0.2) is 6.10 Å². The molecule has 1 heterocycles. The van der Waals surface area contributed by atoms with Crippen LogP contribution < -0.4 is 0 Å². The third-order valence-corrected chi connectivity index (χ3v) is 2.39. The fourth-order valence-electron chi connectivity index (χ4n) is 1.31. The molecule has 6 N–H and O–H groups in total. The Morgan fingerprint density at radius 1 is 1.28 bits per heavy atom. The molecule has 18 heavy (non-hydrogen) atoms. The molecule has 1 rings (SSSR count). The summed E-state index contributed by atoms with van der Waals surface area (Å²) in [6.07, 6.45) is -11.9. The summed E-state index contributed by atoms with van der Waals surface area (Å²) >= 11 is 0. The van der Waals surface area contributed by atoms with Crippen molar-refractivity contribution in [2.75, 3.05) is 13.2 Å². The minimum absolute atomic E-state index is 0.800. The highest BCUT2D eigenvalue weighted by atomic mass is 16.7. The number of ether oxygens (including phenoxy) is 2. The van der Waals surface area contributed by atoms with Crippen LogP contribution in [0.1, 0.15) is 1.37 Å². The lowest BCUT2D eigenvalue weighted by atomic mass is 9.99. The molecule has 0 bridgehead atoms. The average molecular weight is 269 g/mol. The van der Waals surface area contributed by atoms with E-state index >= 15 is 0 Å². The van der Waals surface area contributed by atoms with Crippen molar-refractivity contribution in [2.45, 2.75) is 36.8 Å². The van der Waals surface area contributed by atoms with Crippen LogP contribution in [0.4, 0.5) is 0 Å². The fourth-order valence-corrected chi connectivity index (χ4v) is 1.31. The molecule has 0 aliphatic carbocycles. The highest BCUT2D eigenvalue weighted by Gasteiger charge is 2.45. The minimum atomic E-state index is -2.82. The molecule has 106 valence electrons. The van der Waals surface area contributed by atoms with Gasteiger partial charge in [-0.05, 0) is 0 Å². The van der Waals surface area contributed by atoms with Crippen LogP contribution in [0.25, 0.3) is 0 Å². The maximum absolute atomic E-state index is 11.2. The second kappa shape index (κ2) is 6.38. The van der Waals surface area contributed by atoms with Crippen molar-refractivity contribution in [1.29, 1.82) is 0 Å². The number of aliphatic hydroxyl groups excluding tert-OH is 6. The Morgan fingerprint density at radius 2 is 1.89 bits per heavy atom. The lowest BCUT2D eigenvalue weighted by Gasteiger charge is -2.39. The highest BCUT2D eigenvalue weighted by molar-refractivity contribution is 5.74.